The number of aromatic nitrogens is 1. The van der Waals surface area contributed by atoms with E-state index in [9.17, 15) is 13.2 Å². The number of hydrogen-bond acceptors (Lipinski definition) is 7. The van der Waals surface area contributed by atoms with Gasteiger partial charge in [0.05, 0.1) is 27.0 Å². The van der Waals surface area contributed by atoms with E-state index in [1.54, 1.807) is 24.4 Å². The van der Waals surface area contributed by atoms with E-state index in [0.717, 1.165) is 35.6 Å². The SMILES string of the molecule is CC(C)OC(=O)N[C@H]1CC[C@H](c2ncc(-c3ccc(OC(C)C)cc3S(=O)(=O)NC(C)(C)C)s2)CC1. The van der Waals surface area contributed by atoms with Gasteiger partial charge in [-0.2, -0.15) is 0 Å². The topological polar surface area (TPSA) is 107 Å². The molecule has 1 fully saturated rings. The minimum atomic E-state index is -3.80. The van der Waals surface area contributed by atoms with Gasteiger partial charge in [0.25, 0.3) is 0 Å². The van der Waals surface area contributed by atoms with E-state index in [0.29, 0.717) is 11.3 Å². The number of nitrogens with zero attached hydrogens (tertiary/aromatic N) is 1. The Hall–Kier alpha value is -2.17. The molecule has 2 aromatic rings. The lowest BCUT2D eigenvalue weighted by Gasteiger charge is -2.28. The van der Waals surface area contributed by atoms with Crippen LogP contribution in [-0.4, -0.2) is 43.3 Å². The monoisotopic (exact) mass is 537 g/mol. The molecule has 0 atom stereocenters. The Morgan fingerprint density at radius 3 is 2.33 bits per heavy atom. The molecule has 0 unspecified atom stereocenters. The molecule has 10 heteroatoms. The molecule has 8 nitrogen and oxygen atoms in total. The van der Waals surface area contributed by atoms with E-state index in [4.69, 9.17) is 9.47 Å². The summed E-state index contributed by atoms with van der Waals surface area (Å²) in [5.41, 5.74) is -0.0172. The summed E-state index contributed by atoms with van der Waals surface area (Å²) >= 11 is 1.53. The first-order valence-corrected chi connectivity index (χ1v) is 14.8. The predicted octanol–water partition coefficient (Wildman–Crippen LogP) is 5.83. The second-order valence-electron chi connectivity index (χ2n) is 10.9. The number of thiazole rings is 1. The highest BCUT2D eigenvalue weighted by Gasteiger charge is 2.29. The summed E-state index contributed by atoms with van der Waals surface area (Å²) in [4.78, 5) is 17.6. The fraction of sp³-hybridized carbons (Fsp3) is 0.615. The zero-order chi connectivity index (χ0) is 26.7. The van der Waals surface area contributed by atoms with Crippen molar-refractivity contribution >= 4 is 27.5 Å². The van der Waals surface area contributed by atoms with Gasteiger partial charge in [-0.25, -0.2) is 22.9 Å². The summed E-state index contributed by atoms with van der Waals surface area (Å²) in [6, 6.07) is 5.29. The number of ether oxygens (including phenoxy) is 2. The van der Waals surface area contributed by atoms with Crippen LogP contribution in [0.3, 0.4) is 0 Å². The van der Waals surface area contributed by atoms with Gasteiger partial charge in [0.15, 0.2) is 0 Å². The number of alkyl carbamates (subject to hydrolysis) is 1. The molecule has 1 aromatic carbocycles. The van der Waals surface area contributed by atoms with Crippen LogP contribution in [0.25, 0.3) is 10.4 Å². The minimum Gasteiger partial charge on any atom is -0.491 e. The molecule has 3 rings (SSSR count). The van der Waals surface area contributed by atoms with Crippen LogP contribution in [0.4, 0.5) is 4.79 Å². The van der Waals surface area contributed by atoms with Crippen molar-refractivity contribution in [3.8, 4) is 16.2 Å². The van der Waals surface area contributed by atoms with E-state index >= 15 is 0 Å². The Labute approximate surface area is 219 Å². The van der Waals surface area contributed by atoms with Crippen LogP contribution in [0.2, 0.25) is 0 Å². The normalized spacial score (nSPS) is 18.9. The summed E-state index contributed by atoms with van der Waals surface area (Å²) < 4.78 is 40.4. The fourth-order valence-electron chi connectivity index (χ4n) is 4.23. The maximum Gasteiger partial charge on any atom is 0.407 e. The summed E-state index contributed by atoms with van der Waals surface area (Å²) in [5, 5.41) is 3.94. The maximum absolute atomic E-state index is 13.4. The van der Waals surface area contributed by atoms with Gasteiger partial charge in [-0.05, 0) is 86.3 Å². The van der Waals surface area contributed by atoms with E-state index in [1.807, 2.05) is 48.5 Å². The molecule has 0 bridgehead atoms. The first-order chi connectivity index (χ1) is 16.7. The maximum atomic E-state index is 13.4. The Kier molecular flexibility index (Phi) is 9.06. The number of amides is 1. The molecule has 2 N–H and O–H groups in total. The largest absolute Gasteiger partial charge is 0.491 e. The number of rotatable bonds is 8. The van der Waals surface area contributed by atoms with Crippen LogP contribution >= 0.6 is 11.3 Å². The molecule has 0 saturated heterocycles. The minimum absolute atomic E-state index is 0.0752. The molecule has 0 spiro atoms. The molecule has 0 aliphatic heterocycles. The first-order valence-electron chi connectivity index (χ1n) is 12.5. The van der Waals surface area contributed by atoms with Crippen molar-refractivity contribution in [1.82, 2.24) is 15.0 Å². The molecule has 200 valence electrons. The van der Waals surface area contributed by atoms with Gasteiger partial charge in [-0.15, -0.1) is 11.3 Å². The number of sulfonamides is 1. The van der Waals surface area contributed by atoms with Crippen molar-refractivity contribution in [2.75, 3.05) is 0 Å². The molecule has 1 aliphatic carbocycles. The number of carbonyl (C=O) groups is 1. The van der Waals surface area contributed by atoms with E-state index < -0.39 is 15.6 Å². The highest BCUT2D eigenvalue weighted by molar-refractivity contribution is 7.89. The number of nitrogens with one attached hydrogen (secondary N) is 2. The van der Waals surface area contributed by atoms with Crippen LogP contribution < -0.4 is 14.8 Å². The summed E-state index contributed by atoms with van der Waals surface area (Å²) in [6.45, 7) is 12.9. The van der Waals surface area contributed by atoms with Crippen molar-refractivity contribution in [3.05, 3.63) is 29.4 Å². The molecular formula is C26H39N3O5S2. The standard InChI is InChI=1S/C26H39N3O5S2/c1-16(2)33-20-12-13-21(23(14-20)36(31,32)29-26(5,6)7)22-15-27-24(35-22)18-8-10-19(11-9-18)28-25(30)34-17(3)4/h12-19,29H,8-11H2,1-7H3,(H,28,30)/t18-,19-. The third-order valence-electron chi connectivity index (χ3n) is 5.59. The molecule has 0 radical (unpaired) electrons. The zero-order valence-corrected chi connectivity index (χ0v) is 23.9. The average Bonchev–Trinajstić information content (AvgIpc) is 3.21. The Morgan fingerprint density at radius 1 is 1.08 bits per heavy atom. The third-order valence-corrected chi connectivity index (χ3v) is 8.58. The van der Waals surface area contributed by atoms with Crippen molar-refractivity contribution in [1.29, 1.82) is 0 Å². The highest BCUT2D eigenvalue weighted by atomic mass is 32.2. The molecule has 1 saturated carbocycles. The van der Waals surface area contributed by atoms with Gasteiger partial charge < -0.3 is 14.8 Å². The second kappa shape index (κ2) is 11.5. The molecule has 36 heavy (non-hydrogen) atoms. The fourth-order valence-corrected chi connectivity index (χ4v) is 7.08. The van der Waals surface area contributed by atoms with Gasteiger partial charge in [-0.3, -0.25) is 0 Å². The molecular weight excluding hydrogens is 498 g/mol. The zero-order valence-electron chi connectivity index (χ0n) is 22.3. The molecule has 1 amide bonds. The average molecular weight is 538 g/mol. The van der Waals surface area contributed by atoms with Gasteiger partial charge >= 0.3 is 6.09 Å². The predicted molar refractivity (Wildman–Crippen MR) is 143 cm³/mol. The van der Waals surface area contributed by atoms with Crippen LogP contribution in [-0.2, 0) is 14.8 Å². The number of hydrogen-bond donors (Lipinski definition) is 2. The summed E-state index contributed by atoms with van der Waals surface area (Å²) in [5.74, 6) is 0.786. The van der Waals surface area contributed by atoms with Crippen molar-refractivity contribution in [2.45, 2.75) is 109 Å². The molecule has 1 aromatic heterocycles. The second-order valence-corrected chi connectivity index (χ2v) is 13.6. The summed E-state index contributed by atoms with van der Waals surface area (Å²) in [6.07, 6.45) is 4.68. The lowest BCUT2D eigenvalue weighted by Crippen LogP contribution is -2.40. The Bertz CT molecular complexity index is 1140. The van der Waals surface area contributed by atoms with Gasteiger partial charge in [0.2, 0.25) is 10.0 Å². The number of carbonyl (C=O) groups excluding carboxylic acids is 1. The van der Waals surface area contributed by atoms with E-state index in [1.165, 1.54) is 11.3 Å². The van der Waals surface area contributed by atoms with Crippen LogP contribution in [0.5, 0.6) is 5.75 Å². The van der Waals surface area contributed by atoms with E-state index in [-0.39, 0.29) is 35.2 Å². The van der Waals surface area contributed by atoms with Gasteiger partial charge in [0.1, 0.15) is 5.75 Å². The summed E-state index contributed by atoms with van der Waals surface area (Å²) in [7, 11) is -3.80. The Balaban J connectivity index is 1.80. The molecule has 1 heterocycles. The van der Waals surface area contributed by atoms with Gasteiger partial charge in [0, 0.05) is 35.3 Å². The third kappa shape index (κ3) is 7.91. The lowest BCUT2D eigenvalue weighted by molar-refractivity contribution is 0.109. The van der Waals surface area contributed by atoms with Crippen molar-refractivity contribution in [2.24, 2.45) is 0 Å². The highest BCUT2D eigenvalue weighted by Crippen LogP contribution is 2.40. The lowest BCUT2D eigenvalue weighted by atomic mass is 9.86. The van der Waals surface area contributed by atoms with Gasteiger partial charge in [-0.1, -0.05) is 0 Å². The Morgan fingerprint density at radius 2 is 1.75 bits per heavy atom. The van der Waals surface area contributed by atoms with Crippen molar-refractivity contribution < 1.29 is 22.7 Å². The smallest absolute Gasteiger partial charge is 0.407 e. The van der Waals surface area contributed by atoms with Crippen LogP contribution in [0.15, 0.2) is 29.3 Å². The molecule has 1 aliphatic rings. The van der Waals surface area contributed by atoms with Crippen molar-refractivity contribution in [3.63, 3.8) is 0 Å². The quantitative estimate of drug-likeness (QED) is 0.438. The first kappa shape index (κ1) is 28.4. The van der Waals surface area contributed by atoms with E-state index in [2.05, 4.69) is 15.0 Å². The van der Waals surface area contributed by atoms with Crippen LogP contribution in [0, 0.1) is 0 Å². The van der Waals surface area contributed by atoms with Crippen LogP contribution in [0.1, 0.15) is 85.1 Å². The number of benzene rings is 1.